The summed E-state index contributed by atoms with van der Waals surface area (Å²) in [4.78, 5) is 22.4. The maximum atomic E-state index is 14.1. The summed E-state index contributed by atoms with van der Waals surface area (Å²) in [5.41, 5.74) is 0.877. The Bertz CT molecular complexity index is 1510. The number of hydrogen-bond donors (Lipinski definition) is 1. The van der Waals surface area contributed by atoms with E-state index in [0.717, 1.165) is 48.3 Å². The van der Waals surface area contributed by atoms with Crippen molar-refractivity contribution < 1.29 is 22.7 Å². The van der Waals surface area contributed by atoms with E-state index in [9.17, 15) is 23.2 Å². The number of alkyl halides is 3. The van der Waals surface area contributed by atoms with E-state index in [0.29, 0.717) is 38.4 Å². The fourth-order valence-corrected chi connectivity index (χ4v) is 6.47. The van der Waals surface area contributed by atoms with E-state index in [1.165, 1.54) is 0 Å². The third-order valence-corrected chi connectivity index (χ3v) is 8.69. The Hall–Kier alpha value is -3.81. The molecule has 0 saturated carbocycles. The number of rotatable bonds is 7. The second kappa shape index (κ2) is 12.4. The van der Waals surface area contributed by atoms with Crippen LogP contribution in [0.3, 0.4) is 0 Å². The van der Waals surface area contributed by atoms with Gasteiger partial charge in [0, 0.05) is 37.4 Å². The van der Waals surface area contributed by atoms with Crippen molar-refractivity contribution in [1.82, 2.24) is 15.2 Å². The number of ether oxygens (including phenoxy) is 1. The zero-order valence-corrected chi connectivity index (χ0v) is 24.8. The number of anilines is 1. The van der Waals surface area contributed by atoms with Crippen molar-refractivity contribution >= 4 is 23.2 Å². The molecule has 0 radical (unpaired) electrons. The topological polar surface area (TPSA) is 81.5 Å². The Balaban J connectivity index is 1.46. The third-order valence-electron chi connectivity index (χ3n) is 8.41. The van der Waals surface area contributed by atoms with Gasteiger partial charge < -0.3 is 19.9 Å². The smallest absolute Gasteiger partial charge is 0.416 e. The first-order valence-electron chi connectivity index (χ1n) is 14.3. The summed E-state index contributed by atoms with van der Waals surface area (Å²) < 4.78 is 45.9. The first kappa shape index (κ1) is 30.6. The highest BCUT2D eigenvalue weighted by Crippen LogP contribution is 2.43. The molecule has 226 valence electrons. The van der Waals surface area contributed by atoms with Gasteiger partial charge in [0.2, 0.25) is 11.8 Å². The molecule has 11 heteroatoms. The minimum atomic E-state index is -4.62. The van der Waals surface area contributed by atoms with Crippen molar-refractivity contribution in [3.05, 3.63) is 76.4 Å². The normalized spacial score (nSPS) is 18.7. The fourth-order valence-electron chi connectivity index (χ4n) is 6.14. The molecular weight excluding hydrogens is 579 g/mol. The van der Waals surface area contributed by atoms with Crippen LogP contribution in [0.25, 0.3) is 11.1 Å². The summed E-state index contributed by atoms with van der Waals surface area (Å²) >= 11 is 6.35. The molecule has 3 heterocycles. The van der Waals surface area contributed by atoms with Crippen molar-refractivity contribution in [3.8, 4) is 23.1 Å². The molecule has 2 aliphatic rings. The zero-order chi connectivity index (χ0) is 30.8. The van der Waals surface area contributed by atoms with Gasteiger partial charge in [0.15, 0.2) is 0 Å². The van der Waals surface area contributed by atoms with Crippen molar-refractivity contribution in [2.75, 3.05) is 44.7 Å². The number of aromatic nitrogens is 1. The maximum absolute atomic E-state index is 14.1. The van der Waals surface area contributed by atoms with Gasteiger partial charge >= 0.3 is 6.18 Å². The first-order valence-corrected chi connectivity index (χ1v) is 14.7. The Kier molecular flexibility index (Phi) is 8.86. The molecule has 1 aromatic heterocycles. The lowest BCUT2D eigenvalue weighted by atomic mass is 9.71. The van der Waals surface area contributed by atoms with Crippen LogP contribution in [0, 0.1) is 11.3 Å². The summed E-state index contributed by atoms with van der Waals surface area (Å²) in [6.07, 6.45) is -1.31. The largest absolute Gasteiger partial charge is 0.478 e. The summed E-state index contributed by atoms with van der Waals surface area (Å²) in [6, 6.07) is 15.2. The molecule has 0 spiro atoms. The van der Waals surface area contributed by atoms with Gasteiger partial charge in [0.1, 0.15) is 6.07 Å². The monoisotopic (exact) mass is 611 g/mol. The van der Waals surface area contributed by atoms with Crippen molar-refractivity contribution in [2.45, 2.75) is 43.8 Å². The third kappa shape index (κ3) is 6.29. The average molecular weight is 612 g/mol. The number of hydrogen-bond acceptors (Lipinski definition) is 6. The molecule has 1 atom stereocenters. The number of nitrogens with zero attached hydrogens (tertiary/aromatic N) is 4. The van der Waals surface area contributed by atoms with Gasteiger partial charge in [0.25, 0.3) is 0 Å². The molecule has 2 fully saturated rings. The van der Waals surface area contributed by atoms with Crippen LogP contribution in [-0.2, 0) is 16.4 Å². The molecule has 2 saturated heterocycles. The van der Waals surface area contributed by atoms with Crippen LogP contribution in [-0.4, -0.2) is 61.7 Å². The van der Waals surface area contributed by atoms with Crippen molar-refractivity contribution in [3.63, 3.8) is 0 Å². The molecule has 0 aliphatic carbocycles. The second-order valence-electron chi connectivity index (χ2n) is 11.1. The van der Waals surface area contributed by atoms with E-state index in [4.69, 9.17) is 16.3 Å². The van der Waals surface area contributed by atoms with Crippen molar-refractivity contribution in [2.24, 2.45) is 0 Å². The molecule has 5 rings (SSSR count). The number of carbonyl (C=O) groups is 1. The van der Waals surface area contributed by atoms with E-state index >= 15 is 0 Å². The van der Waals surface area contributed by atoms with E-state index in [2.05, 4.69) is 15.2 Å². The summed E-state index contributed by atoms with van der Waals surface area (Å²) in [5.74, 6) is 0.459. The van der Waals surface area contributed by atoms with Gasteiger partial charge in [-0.1, -0.05) is 35.9 Å². The highest BCUT2D eigenvalue weighted by molar-refractivity contribution is 6.33. The van der Waals surface area contributed by atoms with Crippen LogP contribution in [0.15, 0.2) is 54.7 Å². The van der Waals surface area contributed by atoms with Crippen LogP contribution in [0.4, 0.5) is 18.9 Å². The number of piperidine rings is 1. The fraction of sp³-hybridized carbons (Fsp3) is 0.406. The molecule has 1 N–H and O–H groups in total. The van der Waals surface area contributed by atoms with Gasteiger partial charge in [-0.2, -0.15) is 18.4 Å². The van der Waals surface area contributed by atoms with E-state index in [1.54, 1.807) is 6.20 Å². The Labute approximate surface area is 254 Å². The second-order valence-corrected chi connectivity index (χ2v) is 11.5. The molecule has 0 unspecified atom stereocenters. The highest BCUT2D eigenvalue weighted by Gasteiger charge is 2.45. The average Bonchev–Trinajstić information content (AvgIpc) is 3.41. The van der Waals surface area contributed by atoms with Crippen LogP contribution in [0.5, 0.6) is 5.88 Å². The number of benzene rings is 2. The minimum absolute atomic E-state index is 0.0328. The number of likely N-dealkylation sites (tertiary alicyclic amines) is 1. The van der Waals surface area contributed by atoms with Gasteiger partial charge in [0.05, 0.1) is 33.9 Å². The number of pyridine rings is 1. The standard InChI is InChI=1S/C32H33ClF3N5O2/c1-3-43-29-26(5-4-13-38-29)21-6-8-23(9-7-21)31(30(42)39-25-10-14-40(2)20-25)11-15-41(16-12-31)28-22(19-37)17-24(18-27(28)33)32(34,35)36/h4-9,13,17-18,25H,3,10-12,14-16,20H2,1-2H3,(H,39,42)/t25-/m1/s1. The Morgan fingerprint density at radius 1 is 1.19 bits per heavy atom. The lowest BCUT2D eigenvalue weighted by Crippen LogP contribution is -2.54. The molecule has 0 bridgehead atoms. The molecule has 2 aromatic carbocycles. The number of likely N-dealkylation sites (N-methyl/N-ethyl adjacent to an activating group) is 1. The SMILES string of the molecule is CCOc1ncccc1-c1ccc(C2(C(=O)N[C@@H]3CCN(C)C3)CCN(c3c(Cl)cc(C(F)(F)F)cc3C#N)CC2)cc1. The van der Waals surface area contributed by atoms with Crippen LogP contribution >= 0.6 is 11.6 Å². The molecule has 2 aliphatic heterocycles. The number of nitriles is 1. The lowest BCUT2D eigenvalue weighted by Gasteiger charge is -2.43. The van der Waals surface area contributed by atoms with Gasteiger partial charge in [-0.3, -0.25) is 4.79 Å². The zero-order valence-electron chi connectivity index (χ0n) is 24.0. The highest BCUT2D eigenvalue weighted by atomic mass is 35.5. The minimum Gasteiger partial charge on any atom is -0.478 e. The number of nitrogens with one attached hydrogen (secondary N) is 1. The number of carbonyl (C=O) groups excluding carboxylic acids is 1. The van der Waals surface area contributed by atoms with Gasteiger partial charge in [-0.15, -0.1) is 0 Å². The molecule has 1 amide bonds. The van der Waals surface area contributed by atoms with Crippen LogP contribution < -0.4 is 15.0 Å². The van der Waals surface area contributed by atoms with Crippen LogP contribution in [0.1, 0.15) is 42.9 Å². The molecule has 7 nitrogen and oxygen atoms in total. The molecule has 3 aromatic rings. The molecular formula is C32H33ClF3N5O2. The van der Waals surface area contributed by atoms with Crippen molar-refractivity contribution in [1.29, 1.82) is 5.26 Å². The van der Waals surface area contributed by atoms with E-state index in [-0.39, 0.29) is 28.2 Å². The number of amides is 1. The molecule has 43 heavy (non-hydrogen) atoms. The van der Waals surface area contributed by atoms with E-state index < -0.39 is 17.2 Å². The van der Waals surface area contributed by atoms with Crippen LogP contribution in [0.2, 0.25) is 5.02 Å². The maximum Gasteiger partial charge on any atom is 0.416 e. The summed E-state index contributed by atoms with van der Waals surface area (Å²) in [7, 11) is 2.02. The Morgan fingerprint density at radius 2 is 1.91 bits per heavy atom. The first-order chi connectivity index (χ1) is 20.6. The van der Waals surface area contributed by atoms with Gasteiger partial charge in [-0.05, 0) is 75.2 Å². The van der Waals surface area contributed by atoms with E-state index in [1.807, 2.05) is 61.3 Å². The quantitative estimate of drug-likeness (QED) is 0.350. The Morgan fingerprint density at radius 3 is 2.51 bits per heavy atom. The van der Waals surface area contributed by atoms with Gasteiger partial charge in [-0.25, -0.2) is 4.98 Å². The predicted octanol–water partition coefficient (Wildman–Crippen LogP) is 6.05. The lowest BCUT2D eigenvalue weighted by molar-refractivity contribution is -0.137. The number of halogens is 4. The summed E-state index contributed by atoms with van der Waals surface area (Å²) in [5, 5.41) is 12.8. The summed E-state index contributed by atoms with van der Waals surface area (Å²) in [6.45, 7) is 4.70. The predicted molar refractivity (Wildman–Crippen MR) is 159 cm³/mol.